The Labute approximate surface area is 120 Å². The fraction of sp³-hybridized carbons (Fsp3) is 0.412. The van der Waals surface area contributed by atoms with Gasteiger partial charge in [-0.3, -0.25) is 0 Å². The van der Waals surface area contributed by atoms with Gasteiger partial charge in [0.25, 0.3) is 0 Å². The fourth-order valence-electron chi connectivity index (χ4n) is 2.25. The molecule has 1 unspecified atom stereocenters. The largest absolute Gasteiger partial charge is 0.314 e. The van der Waals surface area contributed by atoms with E-state index in [0.717, 1.165) is 19.4 Å². The Morgan fingerprint density at radius 3 is 2.79 bits per heavy atom. The Morgan fingerprint density at radius 1 is 1.16 bits per heavy atom. The second-order valence-electron chi connectivity index (χ2n) is 5.26. The van der Waals surface area contributed by atoms with E-state index in [0.29, 0.717) is 6.04 Å². The summed E-state index contributed by atoms with van der Waals surface area (Å²) in [6, 6.07) is 11.6. The van der Waals surface area contributed by atoms with E-state index in [9.17, 15) is 0 Å². The molecule has 0 fully saturated rings. The van der Waals surface area contributed by atoms with Gasteiger partial charge >= 0.3 is 0 Å². The average Bonchev–Trinajstić information content (AvgIpc) is 2.90. The zero-order valence-electron chi connectivity index (χ0n) is 11.9. The molecule has 0 radical (unpaired) electrons. The molecule has 0 aliphatic carbocycles. The maximum Gasteiger partial charge on any atom is 0.00420 e. The van der Waals surface area contributed by atoms with Crippen molar-refractivity contribution >= 4 is 11.3 Å². The van der Waals surface area contributed by atoms with Gasteiger partial charge in [-0.1, -0.05) is 29.8 Å². The maximum atomic E-state index is 3.61. The molecule has 19 heavy (non-hydrogen) atoms. The predicted molar refractivity (Wildman–Crippen MR) is 85.0 cm³/mol. The van der Waals surface area contributed by atoms with Crippen LogP contribution in [0.1, 0.15) is 30.0 Å². The quantitative estimate of drug-likeness (QED) is 0.797. The summed E-state index contributed by atoms with van der Waals surface area (Å²) in [5.74, 6) is 0. The molecule has 1 N–H and O–H groups in total. The van der Waals surface area contributed by atoms with E-state index in [4.69, 9.17) is 0 Å². The molecule has 1 atom stereocenters. The first-order chi connectivity index (χ1) is 9.24. The van der Waals surface area contributed by atoms with Gasteiger partial charge in [-0.2, -0.15) is 11.3 Å². The monoisotopic (exact) mass is 273 g/mol. The van der Waals surface area contributed by atoms with Gasteiger partial charge in [-0.05, 0) is 67.6 Å². The minimum Gasteiger partial charge on any atom is -0.314 e. The van der Waals surface area contributed by atoms with Crippen LogP contribution in [0.5, 0.6) is 0 Å². The first-order valence-corrected chi connectivity index (χ1v) is 7.98. The SMILES string of the molecule is Cc1cccc(CCC(C)NCCc2ccsc2)c1. The van der Waals surface area contributed by atoms with Crippen molar-refractivity contribution in [2.75, 3.05) is 6.54 Å². The van der Waals surface area contributed by atoms with Crippen molar-refractivity contribution in [3.8, 4) is 0 Å². The first-order valence-electron chi connectivity index (χ1n) is 7.04. The third kappa shape index (κ3) is 5.17. The molecule has 0 aliphatic rings. The van der Waals surface area contributed by atoms with E-state index in [2.05, 4.69) is 60.3 Å². The molecule has 0 spiro atoms. The number of rotatable bonds is 7. The molecular weight excluding hydrogens is 250 g/mol. The van der Waals surface area contributed by atoms with Crippen molar-refractivity contribution in [2.24, 2.45) is 0 Å². The Hall–Kier alpha value is -1.12. The highest BCUT2D eigenvalue weighted by atomic mass is 32.1. The number of aryl methyl sites for hydroxylation is 2. The Bertz CT molecular complexity index is 476. The molecule has 0 saturated heterocycles. The van der Waals surface area contributed by atoms with E-state index in [1.807, 2.05) is 0 Å². The summed E-state index contributed by atoms with van der Waals surface area (Å²) in [6.45, 7) is 5.52. The number of hydrogen-bond donors (Lipinski definition) is 1. The van der Waals surface area contributed by atoms with Crippen molar-refractivity contribution < 1.29 is 0 Å². The topological polar surface area (TPSA) is 12.0 Å². The average molecular weight is 273 g/mol. The third-order valence-electron chi connectivity index (χ3n) is 3.44. The summed E-state index contributed by atoms with van der Waals surface area (Å²) < 4.78 is 0. The molecule has 2 rings (SSSR count). The second-order valence-corrected chi connectivity index (χ2v) is 6.04. The molecular formula is C17H23NS. The van der Waals surface area contributed by atoms with Gasteiger partial charge in [0.1, 0.15) is 0 Å². The van der Waals surface area contributed by atoms with Crippen molar-refractivity contribution in [3.63, 3.8) is 0 Å². The third-order valence-corrected chi connectivity index (χ3v) is 4.17. The summed E-state index contributed by atoms with van der Waals surface area (Å²) in [5, 5.41) is 7.99. The molecule has 2 aromatic rings. The van der Waals surface area contributed by atoms with Crippen LogP contribution in [0.15, 0.2) is 41.1 Å². The normalized spacial score (nSPS) is 12.5. The van der Waals surface area contributed by atoms with Gasteiger partial charge in [-0.15, -0.1) is 0 Å². The fourth-order valence-corrected chi connectivity index (χ4v) is 2.95. The number of benzene rings is 1. The van der Waals surface area contributed by atoms with Gasteiger partial charge in [-0.25, -0.2) is 0 Å². The summed E-state index contributed by atoms with van der Waals surface area (Å²) in [6.07, 6.45) is 3.50. The van der Waals surface area contributed by atoms with E-state index in [-0.39, 0.29) is 0 Å². The molecule has 1 aromatic carbocycles. The highest BCUT2D eigenvalue weighted by molar-refractivity contribution is 7.07. The van der Waals surface area contributed by atoms with Crippen LogP contribution >= 0.6 is 11.3 Å². The van der Waals surface area contributed by atoms with Gasteiger partial charge in [0, 0.05) is 6.04 Å². The van der Waals surface area contributed by atoms with Gasteiger partial charge < -0.3 is 5.32 Å². The maximum absolute atomic E-state index is 3.61. The van der Waals surface area contributed by atoms with Crippen LogP contribution in [0, 0.1) is 6.92 Å². The first kappa shape index (κ1) is 14.3. The Balaban J connectivity index is 1.65. The highest BCUT2D eigenvalue weighted by Gasteiger charge is 2.02. The number of hydrogen-bond acceptors (Lipinski definition) is 2. The van der Waals surface area contributed by atoms with Crippen molar-refractivity contribution in [1.29, 1.82) is 0 Å². The number of thiophene rings is 1. The van der Waals surface area contributed by atoms with Crippen molar-refractivity contribution in [2.45, 2.75) is 39.2 Å². The molecule has 2 heteroatoms. The molecule has 0 amide bonds. The standard InChI is InChI=1S/C17H23NS/c1-14-4-3-5-16(12-14)7-6-15(2)18-10-8-17-9-11-19-13-17/h3-5,9,11-13,15,18H,6-8,10H2,1-2H3. The minimum absolute atomic E-state index is 0.583. The van der Waals surface area contributed by atoms with Crippen LogP contribution in [0.4, 0.5) is 0 Å². The lowest BCUT2D eigenvalue weighted by molar-refractivity contribution is 0.518. The molecule has 0 bridgehead atoms. The van der Waals surface area contributed by atoms with Gasteiger partial charge in [0.2, 0.25) is 0 Å². The summed E-state index contributed by atoms with van der Waals surface area (Å²) in [5.41, 5.74) is 4.26. The van der Waals surface area contributed by atoms with Crippen molar-refractivity contribution in [1.82, 2.24) is 5.32 Å². The molecule has 0 saturated carbocycles. The molecule has 102 valence electrons. The predicted octanol–water partition coefficient (Wildman–Crippen LogP) is 4.21. The van der Waals surface area contributed by atoms with Crippen LogP contribution in [0.25, 0.3) is 0 Å². The summed E-state index contributed by atoms with van der Waals surface area (Å²) in [7, 11) is 0. The van der Waals surface area contributed by atoms with Crippen LogP contribution < -0.4 is 5.32 Å². The summed E-state index contributed by atoms with van der Waals surface area (Å²) >= 11 is 1.78. The zero-order valence-corrected chi connectivity index (χ0v) is 12.7. The lowest BCUT2D eigenvalue weighted by atomic mass is 10.0. The molecule has 1 heterocycles. The van der Waals surface area contributed by atoms with Crippen LogP contribution in [0.3, 0.4) is 0 Å². The number of nitrogens with one attached hydrogen (secondary N) is 1. The Kier molecular flexibility index (Phi) is 5.62. The smallest absolute Gasteiger partial charge is 0.00420 e. The van der Waals surface area contributed by atoms with E-state index >= 15 is 0 Å². The van der Waals surface area contributed by atoms with Crippen LogP contribution in [-0.4, -0.2) is 12.6 Å². The van der Waals surface area contributed by atoms with E-state index in [1.165, 1.54) is 23.1 Å². The molecule has 0 aliphatic heterocycles. The second kappa shape index (κ2) is 7.46. The summed E-state index contributed by atoms with van der Waals surface area (Å²) in [4.78, 5) is 0. The zero-order chi connectivity index (χ0) is 13.5. The highest BCUT2D eigenvalue weighted by Crippen LogP contribution is 2.09. The molecule has 1 aromatic heterocycles. The van der Waals surface area contributed by atoms with Crippen LogP contribution in [0.2, 0.25) is 0 Å². The van der Waals surface area contributed by atoms with E-state index < -0.39 is 0 Å². The lowest BCUT2D eigenvalue weighted by Crippen LogP contribution is -2.28. The van der Waals surface area contributed by atoms with Crippen molar-refractivity contribution in [3.05, 3.63) is 57.8 Å². The lowest BCUT2D eigenvalue weighted by Gasteiger charge is -2.13. The van der Waals surface area contributed by atoms with Gasteiger partial charge in [0.15, 0.2) is 0 Å². The minimum atomic E-state index is 0.583. The van der Waals surface area contributed by atoms with Gasteiger partial charge in [0.05, 0.1) is 0 Å². The Morgan fingerprint density at radius 2 is 2.05 bits per heavy atom. The van der Waals surface area contributed by atoms with E-state index in [1.54, 1.807) is 11.3 Å². The van der Waals surface area contributed by atoms with Crippen LogP contribution in [-0.2, 0) is 12.8 Å². The molecule has 1 nitrogen and oxygen atoms in total.